The molecule has 0 unspecified atom stereocenters. The maximum Gasteiger partial charge on any atom is 0.157 e. The summed E-state index contributed by atoms with van der Waals surface area (Å²) in [6.07, 6.45) is 1.76. The van der Waals surface area contributed by atoms with Gasteiger partial charge in [-0.1, -0.05) is 28.1 Å². The molecule has 1 aromatic rings. The lowest BCUT2D eigenvalue weighted by atomic mass is 10.1. The van der Waals surface area contributed by atoms with Crippen molar-refractivity contribution in [2.24, 2.45) is 0 Å². The van der Waals surface area contributed by atoms with Crippen molar-refractivity contribution in [3.8, 4) is 0 Å². The normalized spacial score (nSPS) is 10.9. The summed E-state index contributed by atoms with van der Waals surface area (Å²) in [6, 6.07) is 8.30. The zero-order valence-electron chi connectivity index (χ0n) is 8.50. The molecule has 0 saturated carbocycles. The third-order valence-corrected chi connectivity index (χ3v) is 2.64. The van der Waals surface area contributed by atoms with Crippen molar-refractivity contribution in [2.75, 3.05) is 14.2 Å². The van der Waals surface area contributed by atoms with Crippen LogP contribution in [0.5, 0.6) is 0 Å². The smallest absolute Gasteiger partial charge is 0.157 e. The van der Waals surface area contributed by atoms with Crippen molar-refractivity contribution in [1.29, 1.82) is 0 Å². The van der Waals surface area contributed by atoms with Crippen LogP contribution in [0.4, 0.5) is 0 Å². The average molecular weight is 259 g/mol. The fourth-order valence-electron chi connectivity index (χ4n) is 1.27. The van der Waals surface area contributed by atoms with E-state index >= 15 is 0 Å². The Labute approximate surface area is 93.4 Å². The van der Waals surface area contributed by atoms with E-state index in [1.165, 1.54) is 5.56 Å². The summed E-state index contributed by atoms with van der Waals surface area (Å²) < 4.78 is 11.3. The van der Waals surface area contributed by atoms with Gasteiger partial charge in [0, 0.05) is 25.1 Å². The Morgan fingerprint density at radius 2 is 1.71 bits per heavy atom. The van der Waals surface area contributed by atoms with Crippen LogP contribution in [0.15, 0.2) is 28.7 Å². The SMILES string of the molecule is COC(CCc1ccc(Br)cc1)OC. The van der Waals surface area contributed by atoms with E-state index in [0.717, 1.165) is 17.3 Å². The highest BCUT2D eigenvalue weighted by Gasteiger charge is 2.04. The van der Waals surface area contributed by atoms with Gasteiger partial charge < -0.3 is 9.47 Å². The van der Waals surface area contributed by atoms with E-state index in [9.17, 15) is 0 Å². The van der Waals surface area contributed by atoms with Crippen LogP contribution in [0, 0.1) is 0 Å². The van der Waals surface area contributed by atoms with Crippen LogP contribution < -0.4 is 0 Å². The van der Waals surface area contributed by atoms with E-state index in [1.807, 2.05) is 12.1 Å². The lowest BCUT2D eigenvalue weighted by Crippen LogP contribution is -2.13. The second kappa shape index (κ2) is 6.17. The molecule has 0 saturated heterocycles. The van der Waals surface area contributed by atoms with E-state index in [4.69, 9.17) is 9.47 Å². The summed E-state index contributed by atoms with van der Waals surface area (Å²) in [7, 11) is 3.32. The first-order chi connectivity index (χ1) is 6.76. The van der Waals surface area contributed by atoms with Gasteiger partial charge in [-0.25, -0.2) is 0 Å². The van der Waals surface area contributed by atoms with Gasteiger partial charge in [-0.3, -0.25) is 0 Å². The van der Waals surface area contributed by atoms with Gasteiger partial charge in [0.1, 0.15) is 0 Å². The van der Waals surface area contributed by atoms with Crippen molar-refractivity contribution in [3.05, 3.63) is 34.3 Å². The highest BCUT2D eigenvalue weighted by molar-refractivity contribution is 9.10. The zero-order chi connectivity index (χ0) is 10.4. The van der Waals surface area contributed by atoms with Crippen LogP contribution in [0.25, 0.3) is 0 Å². The van der Waals surface area contributed by atoms with Gasteiger partial charge in [0.05, 0.1) is 0 Å². The number of ether oxygens (including phenoxy) is 2. The number of hydrogen-bond donors (Lipinski definition) is 0. The molecule has 14 heavy (non-hydrogen) atoms. The molecule has 0 atom stereocenters. The van der Waals surface area contributed by atoms with Crippen molar-refractivity contribution in [3.63, 3.8) is 0 Å². The molecule has 3 heteroatoms. The Balaban J connectivity index is 2.41. The largest absolute Gasteiger partial charge is 0.356 e. The van der Waals surface area contributed by atoms with Crippen molar-refractivity contribution >= 4 is 15.9 Å². The molecule has 0 radical (unpaired) electrons. The molecular weight excluding hydrogens is 244 g/mol. The molecule has 0 aliphatic heterocycles. The zero-order valence-corrected chi connectivity index (χ0v) is 10.1. The van der Waals surface area contributed by atoms with Gasteiger partial charge in [0.2, 0.25) is 0 Å². The van der Waals surface area contributed by atoms with E-state index < -0.39 is 0 Å². The summed E-state index contributed by atoms with van der Waals surface area (Å²) in [5, 5.41) is 0. The first-order valence-corrected chi connectivity index (χ1v) is 5.35. The molecular formula is C11H15BrO2. The molecule has 0 aliphatic rings. The minimum atomic E-state index is -0.0985. The minimum absolute atomic E-state index is 0.0985. The summed E-state index contributed by atoms with van der Waals surface area (Å²) in [5.41, 5.74) is 1.30. The van der Waals surface area contributed by atoms with Crippen LogP contribution >= 0.6 is 15.9 Å². The molecule has 0 spiro atoms. The quantitative estimate of drug-likeness (QED) is 0.757. The monoisotopic (exact) mass is 258 g/mol. The second-order valence-corrected chi connectivity index (χ2v) is 3.98. The fourth-order valence-corrected chi connectivity index (χ4v) is 1.53. The third-order valence-electron chi connectivity index (χ3n) is 2.11. The lowest BCUT2D eigenvalue weighted by molar-refractivity contribution is -0.105. The summed E-state index contributed by atoms with van der Waals surface area (Å²) in [5.74, 6) is 0. The molecule has 1 aromatic carbocycles. The van der Waals surface area contributed by atoms with Crippen molar-refractivity contribution < 1.29 is 9.47 Å². The maximum atomic E-state index is 5.11. The first kappa shape index (κ1) is 11.7. The maximum absolute atomic E-state index is 5.11. The van der Waals surface area contributed by atoms with Gasteiger partial charge in [0.15, 0.2) is 6.29 Å². The topological polar surface area (TPSA) is 18.5 Å². The number of methoxy groups -OCH3 is 2. The van der Waals surface area contributed by atoms with Gasteiger partial charge in [0.25, 0.3) is 0 Å². The van der Waals surface area contributed by atoms with Crippen LogP contribution in [0.1, 0.15) is 12.0 Å². The molecule has 1 rings (SSSR count). The van der Waals surface area contributed by atoms with Crippen LogP contribution in [-0.4, -0.2) is 20.5 Å². The predicted octanol–water partition coefficient (Wildman–Crippen LogP) is 3.00. The Morgan fingerprint density at radius 3 is 2.21 bits per heavy atom. The molecule has 0 aromatic heterocycles. The van der Waals surface area contributed by atoms with Crippen molar-refractivity contribution in [1.82, 2.24) is 0 Å². The fraction of sp³-hybridized carbons (Fsp3) is 0.455. The molecule has 0 N–H and O–H groups in total. The number of halogens is 1. The highest BCUT2D eigenvalue weighted by atomic mass is 79.9. The van der Waals surface area contributed by atoms with Crippen LogP contribution in [0.3, 0.4) is 0 Å². The van der Waals surface area contributed by atoms with Crippen LogP contribution in [0.2, 0.25) is 0 Å². The number of rotatable bonds is 5. The predicted molar refractivity (Wildman–Crippen MR) is 60.3 cm³/mol. The summed E-state index contributed by atoms with van der Waals surface area (Å²) in [4.78, 5) is 0. The molecule has 0 bridgehead atoms. The van der Waals surface area contributed by atoms with Gasteiger partial charge >= 0.3 is 0 Å². The Bertz CT molecular complexity index is 254. The number of benzene rings is 1. The minimum Gasteiger partial charge on any atom is -0.356 e. The molecule has 0 aliphatic carbocycles. The number of aryl methyl sites for hydroxylation is 1. The lowest BCUT2D eigenvalue weighted by Gasteiger charge is -2.12. The third kappa shape index (κ3) is 3.78. The molecule has 0 fully saturated rings. The molecule has 0 amide bonds. The molecule has 78 valence electrons. The molecule has 0 heterocycles. The molecule has 2 nitrogen and oxygen atoms in total. The van der Waals surface area contributed by atoms with Gasteiger partial charge in [-0.15, -0.1) is 0 Å². The van der Waals surface area contributed by atoms with E-state index in [1.54, 1.807) is 14.2 Å². The highest BCUT2D eigenvalue weighted by Crippen LogP contribution is 2.13. The van der Waals surface area contributed by atoms with E-state index in [0.29, 0.717) is 0 Å². The number of hydrogen-bond acceptors (Lipinski definition) is 2. The summed E-state index contributed by atoms with van der Waals surface area (Å²) in [6.45, 7) is 0. The first-order valence-electron chi connectivity index (χ1n) is 4.56. The summed E-state index contributed by atoms with van der Waals surface area (Å²) >= 11 is 3.40. The average Bonchev–Trinajstić information content (AvgIpc) is 2.22. The van der Waals surface area contributed by atoms with Gasteiger partial charge in [-0.2, -0.15) is 0 Å². The Kier molecular flexibility index (Phi) is 5.15. The van der Waals surface area contributed by atoms with E-state index in [-0.39, 0.29) is 6.29 Å². The second-order valence-electron chi connectivity index (χ2n) is 3.07. The van der Waals surface area contributed by atoms with Crippen LogP contribution in [-0.2, 0) is 15.9 Å². The Hall–Kier alpha value is -0.380. The van der Waals surface area contributed by atoms with Crippen molar-refractivity contribution in [2.45, 2.75) is 19.1 Å². The standard InChI is InChI=1S/C11H15BrO2/c1-13-11(14-2)8-5-9-3-6-10(12)7-4-9/h3-4,6-7,11H,5,8H2,1-2H3. The van der Waals surface area contributed by atoms with E-state index in [2.05, 4.69) is 28.1 Å². The van der Waals surface area contributed by atoms with Gasteiger partial charge in [-0.05, 0) is 24.1 Å². The Morgan fingerprint density at radius 1 is 1.14 bits per heavy atom.